The van der Waals surface area contributed by atoms with Crippen LogP contribution in [0.15, 0.2) is 59.5 Å². The molecule has 5 rings (SSSR count). The minimum absolute atomic E-state index is 0.0185. The molecule has 0 saturated carbocycles. The number of hydrogen-bond donors (Lipinski definition) is 0. The second-order valence-electron chi connectivity index (χ2n) is 7.81. The molecule has 1 aliphatic heterocycles. The number of piperazine rings is 1. The average molecular weight is 447 g/mol. The standard InChI is InChI=1S/C23H22FN7O2/c1-16-26-20(22-27-23(33-28-22)17-3-2-8-25-13-17)14-31(16)15-21(32)30-11-9-29(10-12-30)19-6-4-18(24)5-7-19/h2-8,13-14H,9-12,15H2,1H3. The number of nitrogens with zero attached hydrogens (tertiary/aromatic N) is 7. The van der Waals surface area contributed by atoms with E-state index >= 15 is 0 Å². The number of hydrogen-bond acceptors (Lipinski definition) is 7. The predicted octanol–water partition coefficient (Wildman–Crippen LogP) is 2.79. The number of aryl methyl sites for hydroxylation is 1. The molecule has 1 saturated heterocycles. The SMILES string of the molecule is Cc1nc(-c2noc(-c3cccnc3)n2)cn1CC(=O)N1CCN(c2ccc(F)cc2)CC1. The molecule has 0 unspecified atom stereocenters. The molecular formula is C23H22FN7O2. The molecule has 1 fully saturated rings. The summed E-state index contributed by atoms with van der Waals surface area (Å²) in [6, 6.07) is 10.1. The van der Waals surface area contributed by atoms with Crippen molar-refractivity contribution in [1.29, 1.82) is 0 Å². The van der Waals surface area contributed by atoms with E-state index in [1.54, 1.807) is 41.4 Å². The first-order valence-corrected chi connectivity index (χ1v) is 10.6. The highest BCUT2D eigenvalue weighted by Gasteiger charge is 2.23. The molecule has 0 spiro atoms. The van der Waals surface area contributed by atoms with E-state index in [2.05, 4.69) is 25.0 Å². The molecule has 10 heteroatoms. The minimum Gasteiger partial charge on any atom is -0.368 e. The third-order valence-electron chi connectivity index (χ3n) is 5.67. The Bertz CT molecular complexity index is 1250. The summed E-state index contributed by atoms with van der Waals surface area (Å²) < 4.78 is 20.3. The summed E-state index contributed by atoms with van der Waals surface area (Å²) in [4.78, 5) is 29.8. The minimum atomic E-state index is -0.253. The van der Waals surface area contributed by atoms with Gasteiger partial charge in [0.2, 0.25) is 11.7 Å². The number of aromatic nitrogens is 5. The number of carbonyl (C=O) groups excluding carboxylic acids is 1. The van der Waals surface area contributed by atoms with Crippen LogP contribution in [0.4, 0.5) is 10.1 Å². The highest BCUT2D eigenvalue weighted by Crippen LogP contribution is 2.22. The fraction of sp³-hybridized carbons (Fsp3) is 0.261. The van der Waals surface area contributed by atoms with E-state index in [4.69, 9.17) is 4.52 Å². The molecule has 0 atom stereocenters. The van der Waals surface area contributed by atoms with Crippen molar-refractivity contribution >= 4 is 11.6 Å². The maximum absolute atomic E-state index is 13.2. The molecule has 0 aliphatic carbocycles. The van der Waals surface area contributed by atoms with Gasteiger partial charge in [-0.1, -0.05) is 5.16 Å². The summed E-state index contributed by atoms with van der Waals surface area (Å²) in [5, 5.41) is 4.01. The Hall–Kier alpha value is -4.08. The van der Waals surface area contributed by atoms with Gasteiger partial charge >= 0.3 is 0 Å². The molecule has 1 aromatic carbocycles. The topological polar surface area (TPSA) is 93.2 Å². The monoisotopic (exact) mass is 447 g/mol. The van der Waals surface area contributed by atoms with Gasteiger partial charge in [0.05, 0.1) is 5.56 Å². The quantitative estimate of drug-likeness (QED) is 0.464. The summed E-state index contributed by atoms with van der Waals surface area (Å²) in [5.41, 5.74) is 2.23. The molecule has 1 amide bonds. The normalized spacial score (nSPS) is 14.0. The van der Waals surface area contributed by atoms with Gasteiger partial charge in [-0.25, -0.2) is 9.37 Å². The Labute approximate surface area is 189 Å². The van der Waals surface area contributed by atoms with Crippen molar-refractivity contribution in [2.75, 3.05) is 31.1 Å². The summed E-state index contributed by atoms with van der Waals surface area (Å²) >= 11 is 0. The largest absolute Gasteiger partial charge is 0.368 e. The molecule has 4 heterocycles. The van der Waals surface area contributed by atoms with Crippen LogP contribution in [-0.4, -0.2) is 61.7 Å². The van der Waals surface area contributed by atoms with Gasteiger partial charge in [-0.2, -0.15) is 4.98 Å². The number of carbonyl (C=O) groups is 1. The van der Waals surface area contributed by atoms with E-state index in [-0.39, 0.29) is 18.3 Å². The molecule has 0 radical (unpaired) electrons. The Morgan fingerprint density at radius 1 is 1.09 bits per heavy atom. The fourth-order valence-electron chi connectivity index (χ4n) is 3.82. The van der Waals surface area contributed by atoms with Gasteiger partial charge in [0.1, 0.15) is 23.9 Å². The maximum Gasteiger partial charge on any atom is 0.259 e. The van der Waals surface area contributed by atoms with Crippen LogP contribution in [0, 0.1) is 12.7 Å². The summed E-state index contributed by atoms with van der Waals surface area (Å²) in [6.07, 6.45) is 5.08. The lowest BCUT2D eigenvalue weighted by molar-refractivity contribution is -0.132. The van der Waals surface area contributed by atoms with Crippen LogP contribution in [0.2, 0.25) is 0 Å². The van der Waals surface area contributed by atoms with Crippen LogP contribution in [-0.2, 0) is 11.3 Å². The van der Waals surface area contributed by atoms with E-state index in [9.17, 15) is 9.18 Å². The highest BCUT2D eigenvalue weighted by atomic mass is 19.1. The van der Waals surface area contributed by atoms with Gasteiger partial charge in [-0.3, -0.25) is 9.78 Å². The van der Waals surface area contributed by atoms with Gasteiger partial charge in [0, 0.05) is 50.5 Å². The first-order chi connectivity index (χ1) is 16.1. The number of pyridine rings is 1. The highest BCUT2D eigenvalue weighted by molar-refractivity contribution is 5.76. The number of halogens is 1. The first kappa shape index (κ1) is 20.8. The Kier molecular flexibility index (Phi) is 5.55. The lowest BCUT2D eigenvalue weighted by atomic mass is 10.2. The smallest absolute Gasteiger partial charge is 0.259 e. The third-order valence-corrected chi connectivity index (χ3v) is 5.67. The molecule has 3 aromatic heterocycles. The van der Waals surface area contributed by atoms with E-state index in [1.807, 2.05) is 17.9 Å². The van der Waals surface area contributed by atoms with E-state index in [1.165, 1.54) is 12.1 Å². The van der Waals surface area contributed by atoms with Crippen molar-refractivity contribution in [2.24, 2.45) is 0 Å². The lowest BCUT2D eigenvalue weighted by Crippen LogP contribution is -2.49. The lowest BCUT2D eigenvalue weighted by Gasteiger charge is -2.36. The maximum atomic E-state index is 13.2. The Balaban J connectivity index is 1.22. The van der Waals surface area contributed by atoms with Gasteiger partial charge in [-0.05, 0) is 43.3 Å². The van der Waals surface area contributed by atoms with Crippen LogP contribution in [0.3, 0.4) is 0 Å². The van der Waals surface area contributed by atoms with Crippen molar-refractivity contribution < 1.29 is 13.7 Å². The molecule has 9 nitrogen and oxygen atoms in total. The number of amides is 1. The molecule has 4 aromatic rings. The zero-order valence-electron chi connectivity index (χ0n) is 18.1. The number of benzene rings is 1. The van der Waals surface area contributed by atoms with Crippen molar-refractivity contribution in [3.05, 3.63) is 66.6 Å². The second kappa shape index (κ2) is 8.81. The second-order valence-corrected chi connectivity index (χ2v) is 7.81. The molecule has 0 N–H and O–H groups in total. The Morgan fingerprint density at radius 2 is 1.88 bits per heavy atom. The molecular weight excluding hydrogens is 425 g/mol. The molecule has 33 heavy (non-hydrogen) atoms. The van der Waals surface area contributed by atoms with E-state index in [0.29, 0.717) is 49.4 Å². The van der Waals surface area contributed by atoms with Crippen LogP contribution >= 0.6 is 0 Å². The summed E-state index contributed by atoms with van der Waals surface area (Å²) in [6.45, 7) is 4.64. The van der Waals surface area contributed by atoms with Crippen molar-refractivity contribution in [2.45, 2.75) is 13.5 Å². The molecule has 1 aliphatic rings. The van der Waals surface area contributed by atoms with Crippen LogP contribution in [0.5, 0.6) is 0 Å². The zero-order chi connectivity index (χ0) is 22.8. The van der Waals surface area contributed by atoms with Crippen molar-refractivity contribution in [3.63, 3.8) is 0 Å². The molecule has 0 bridgehead atoms. The van der Waals surface area contributed by atoms with Gasteiger partial charge < -0.3 is 18.9 Å². The molecule has 168 valence electrons. The van der Waals surface area contributed by atoms with E-state index in [0.717, 1.165) is 11.3 Å². The zero-order valence-corrected chi connectivity index (χ0v) is 18.1. The van der Waals surface area contributed by atoms with Crippen LogP contribution in [0.25, 0.3) is 23.0 Å². The van der Waals surface area contributed by atoms with Crippen LogP contribution in [0.1, 0.15) is 5.82 Å². The number of imidazole rings is 1. The van der Waals surface area contributed by atoms with Crippen molar-refractivity contribution in [3.8, 4) is 23.0 Å². The van der Waals surface area contributed by atoms with Gasteiger partial charge in [0.15, 0.2) is 0 Å². The summed E-state index contributed by atoms with van der Waals surface area (Å²) in [5.74, 6) is 1.18. The third kappa shape index (κ3) is 4.45. The summed E-state index contributed by atoms with van der Waals surface area (Å²) in [7, 11) is 0. The Morgan fingerprint density at radius 3 is 2.61 bits per heavy atom. The predicted molar refractivity (Wildman–Crippen MR) is 119 cm³/mol. The van der Waals surface area contributed by atoms with Gasteiger partial charge in [0.25, 0.3) is 5.89 Å². The van der Waals surface area contributed by atoms with E-state index < -0.39 is 0 Å². The number of anilines is 1. The number of rotatable bonds is 5. The average Bonchev–Trinajstić information content (AvgIpc) is 3.48. The fourth-order valence-corrected chi connectivity index (χ4v) is 3.82. The van der Waals surface area contributed by atoms with Crippen LogP contribution < -0.4 is 4.90 Å². The van der Waals surface area contributed by atoms with Crippen molar-refractivity contribution in [1.82, 2.24) is 29.6 Å². The van der Waals surface area contributed by atoms with Gasteiger partial charge in [-0.15, -0.1) is 0 Å². The first-order valence-electron chi connectivity index (χ1n) is 10.6.